The van der Waals surface area contributed by atoms with Gasteiger partial charge in [-0.25, -0.2) is 4.39 Å². The number of rotatable bonds is 16. The molecule has 0 saturated heterocycles. The fraction of sp³-hybridized carbons (Fsp3) is 0.485. The molecule has 41 heavy (non-hydrogen) atoms. The first kappa shape index (κ1) is 32.2. The van der Waals surface area contributed by atoms with Crippen molar-refractivity contribution in [2.75, 3.05) is 5.32 Å². The summed E-state index contributed by atoms with van der Waals surface area (Å²) in [5.41, 5.74) is 0.854. The molecule has 0 radical (unpaired) electrons. The average Bonchev–Trinajstić information content (AvgIpc) is 3.22. The molecule has 1 saturated carbocycles. The lowest BCUT2D eigenvalue weighted by atomic mass is 9.88. The standard InChI is InChI=1S/C33H42FNO6/c1-2-3-6-9-26(36)18-21-29-28(30(37)22-31(29)38)10-7-4-5-8-11-32(39)41-27-19-16-25(17-20-27)35-33(40)23-12-14-24(34)15-13-23/h12-21,26,28-29,31,36,38H,2-11,22H2,1H3,(H,35,40)/b21-18+/t26-,28+,29+,31+/m0/s1. The summed E-state index contributed by atoms with van der Waals surface area (Å²) in [5, 5.41) is 23.2. The third kappa shape index (κ3) is 10.9. The van der Waals surface area contributed by atoms with Gasteiger partial charge in [0.2, 0.25) is 0 Å². The predicted octanol–water partition coefficient (Wildman–Crippen LogP) is 6.39. The summed E-state index contributed by atoms with van der Waals surface area (Å²) in [6.07, 6.45) is 10.4. The van der Waals surface area contributed by atoms with Crippen LogP contribution >= 0.6 is 0 Å². The molecular weight excluding hydrogens is 525 g/mol. The maximum atomic E-state index is 13.0. The zero-order valence-electron chi connectivity index (χ0n) is 23.8. The van der Waals surface area contributed by atoms with E-state index in [9.17, 15) is 29.0 Å². The third-order valence-electron chi connectivity index (χ3n) is 7.49. The molecule has 2 aromatic rings. The van der Waals surface area contributed by atoms with Gasteiger partial charge in [0.15, 0.2) is 0 Å². The Hall–Kier alpha value is -3.36. The number of carbonyl (C=O) groups is 3. The van der Waals surface area contributed by atoms with Gasteiger partial charge in [-0.05, 0) is 67.8 Å². The van der Waals surface area contributed by atoms with Gasteiger partial charge in [0.05, 0.1) is 12.2 Å². The first-order valence-corrected chi connectivity index (χ1v) is 14.7. The summed E-state index contributed by atoms with van der Waals surface area (Å²) in [6, 6.07) is 11.7. The van der Waals surface area contributed by atoms with Gasteiger partial charge in [-0.15, -0.1) is 0 Å². The van der Waals surface area contributed by atoms with Crippen molar-refractivity contribution in [2.24, 2.45) is 11.8 Å². The van der Waals surface area contributed by atoms with Gasteiger partial charge in [0.25, 0.3) is 5.91 Å². The van der Waals surface area contributed by atoms with Crippen LogP contribution in [0.4, 0.5) is 10.1 Å². The largest absolute Gasteiger partial charge is 0.427 e. The second kappa shape index (κ2) is 16.8. The third-order valence-corrected chi connectivity index (χ3v) is 7.49. The number of nitrogens with one attached hydrogen (secondary N) is 1. The van der Waals surface area contributed by atoms with Crippen LogP contribution in [-0.4, -0.2) is 40.1 Å². The van der Waals surface area contributed by atoms with E-state index >= 15 is 0 Å². The molecule has 0 heterocycles. The molecule has 0 unspecified atom stereocenters. The van der Waals surface area contributed by atoms with Crippen LogP contribution in [0.1, 0.15) is 87.9 Å². The number of esters is 1. The van der Waals surface area contributed by atoms with Crippen LogP contribution in [0.2, 0.25) is 0 Å². The second-order valence-corrected chi connectivity index (χ2v) is 10.8. The number of ketones is 1. The molecule has 0 bridgehead atoms. The van der Waals surface area contributed by atoms with E-state index in [1.807, 2.05) is 6.08 Å². The highest BCUT2D eigenvalue weighted by Gasteiger charge is 2.39. The van der Waals surface area contributed by atoms with Crippen LogP contribution in [0.25, 0.3) is 0 Å². The number of carbonyl (C=O) groups excluding carboxylic acids is 3. The summed E-state index contributed by atoms with van der Waals surface area (Å²) >= 11 is 0. The van der Waals surface area contributed by atoms with Gasteiger partial charge < -0.3 is 20.3 Å². The Morgan fingerprint density at radius 1 is 1.02 bits per heavy atom. The number of aliphatic hydroxyl groups excluding tert-OH is 2. The SMILES string of the molecule is CCCCC[C@H](O)/C=C/[C@H]1[C@H](O)CC(=O)[C@@H]1CCCCCCC(=O)Oc1ccc(NC(=O)c2ccc(F)cc2)cc1. The number of hydrogen-bond donors (Lipinski definition) is 3. The monoisotopic (exact) mass is 567 g/mol. The lowest BCUT2D eigenvalue weighted by molar-refractivity contribution is -0.134. The molecule has 2 aromatic carbocycles. The van der Waals surface area contributed by atoms with E-state index in [0.29, 0.717) is 36.3 Å². The number of anilines is 1. The molecular formula is C33H42FNO6. The highest BCUT2D eigenvalue weighted by Crippen LogP contribution is 2.34. The maximum Gasteiger partial charge on any atom is 0.311 e. The zero-order valence-corrected chi connectivity index (χ0v) is 23.8. The van der Waals surface area contributed by atoms with E-state index in [1.165, 1.54) is 24.3 Å². The minimum atomic E-state index is -0.693. The van der Waals surface area contributed by atoms with Crippen molar-refractivity contribution in [3.63, 3.8) is 0 Å². The fourth-order valence-corrected chi connectivity index (χ4v) is 5.13. The molecule has 0 aromatic heterocycles. The lowest BCUT2D eigenvalue weighted by Gasteiger charge is -2.18. The summed E-state index contributed by atoms with van der Waals surface area (Å²) in [5.74, 6) is -1.14. The predicted molar refractivity (Wildman–Crippen MR) is 156 cm³/mol. The van der Waals surface area contributed by atoms with Crippen molar-refractivity contribution < 1.29 is 33.7 Å². The van der Waals surface area contributed by atoms with Crippen molar-refractivity contribution in [3.05, 3.63) is 72.1 Å². The molecule has 1 aliphatic carbocycles. The number of benzene rings is 2. The van der Waals surface area contributed by atoms with Crippen molar-refractivity contribution in [2.45, 2.75) is 89.8 Å². The highest BCUT2D eigenvalue weighted by atomic mass is 19.1. The molecule has 3 rings (SSSR count). The van der Waals surface area contributed by atoms with E-state index in [2.05, 4.69) is 12.2 Å². The summed E-state index contributed by atoms with van der Waals surface area (Å²) in [4.78, 5) is 36.9. The van der Waals surface area contributed by atoms with Crippen LogP contribution in [0.5, 0.6) is 5.75 Å². The van der Waals surface area contributed by atoms with Gasteiger partial charge >= 0.3 is 5.97 Å². The molecule has 0 spiro atoms. The Balaban J connectivity index is 1.32. The minimum absolute atomic E-state index is 0.0808. The summed E-state index contributed by atoms with van der Waals surface area (Å²) < 4.78 is 18.4. The van der Waals surface area contributed by atoms with E-state index in [4.69, 9.17) is 4.74 Å². The highest BCUT2D eigenvalue weighted by molar-refractivity contribution is 6.04. The van der Waals surface area contributed by atoms with Gasteiger partial charge in [-0.1, -0.05) is 57.6 Å². The summed E-state index contributed by atoms with van der Waals surface area (Å²) in [6.45, 7) is 2.11. The van der Waals surface area contributed by atoms with Crippen LogP contribution in [0, 0.1) is 17.7 Å². The Morgan fingerprint density at radius 2 is 1.73 bits per heavy atom. The number of unbranched alkanes of at least 4 members (excludes halogenated alkanes) is 5. The molecule has 222 valence electrons. The molecule has 3 N–H and O–H groups in total. The number of ether oxygens (including phenoxy) is 1. The first-order valence-electron chi connectivity index (χ1n) is 14.7. The number of amides is 1. The zero-order chi connectivity index (χ0) is 29.6. The summed E-state index contributed by atoms with van der Waals surface area (Å²) in [7, 11) is 0. The molecule has 8 heteroatoms. The van der Waals surface area contributed by atoms with E-state index in [-0.39, 0.29) is 42.3 Å². The quantitative estimate of drug-likeness (QED) is 0.0938. The van der Waals surface area contributed by atoms with Crippen molar-refractivity contribution >= 4 is 23.3 Å². The fourth-order valence-electron chi connectivity index (χ4n) is 5.13. The van der Waals surface area contributed by atoms with Crippen LogP contribution in [0.15, 0.2) is 60.7 Å². The number of hydrogen-bond acceptors (Lipinski definition) is 6. The topological polar surface area (TPSA) is 113 Å². The molecule has 1 amide bonds. The first-order chi connectivity index (χ1) is 19.8. The molecule has 1 fully saturated rings. The van der Waals surface area contributed by atoms with E-state index in [0.717, 1.165) is 38.5 Å². The Bertz CT molecular complexity index is 1150. The second-order valence-electron chi connectivity index (χ2n) is 10.8. The Morgan fingerprint density at radius 3 is 2.44 bits per heavy atom. The van der Waals surface area contributed by atoms with Crippen LogP contribution in [-0.2, 0) is 9.59 Å². The Labute approximate surface area is 241 Å². The van der Waals surface area contributed by atoms with Gasteiger partial charge in [0, 0.05) is 35.9 Å². The Kier molecular flexibility index (Phi) is 13.2. The maximum absolute atomic E-state index is 13.0. The molecule has 4 atom stereocenters. The minimum Gasteiger partial charge on any atom is -0.427 e. The average molecular weight is 568 g/mol. The smallest absolute Gasteiger partial charge is 0.311 e. The van der Waals surface area contributed by atoms with Gasteiger partial charge in [0.1, 0.15) is 17.3 Å². The van der Waals surface area contributed by atoms with Crippen molar-refractivity contribution in [1.29, 1.82) is 0 Å². The number of aliphatic hydroxyl groups is 2. The van der Waals surface area contributed by atoms with Crippen molar-refractivity contribution in [3.8, 4) is 5.75 Å². The van der Waals surface area contributed by atoms with Crippen LogP contribution in [0.3, 0.4) is 0 Å². The van der Waals surface area contributed by atoms with E-state index in [1.54, 1.807) is 30.3 Å². The van der Waals surface area contributed by atoms with E-state index < -0.39 is 18.0 Å². The van der Waals surface area contributed by atoms with Crippen LogP contribution < -0.4 is 10.1 Å². The number of Topliss-reactive ketones (excluding diaryl/α,β-unsaturated/α-hetero) is 1. The van der Waals surface area contributed by atoms with Gasteiger partial charge in [-0.2, -0.15) is 0 Å². The van der Waals surface area contributed by atoms with Gasteiger partial charge in [-0.3, -0.25) is 14.4 Å². The molecule has 7 nitrogen and oxygen atoms in total. The van der Waals surface area contributed by atoms with Crippen molar-refractivity contribution in [1.82, 2.24) is 0 Å². The number of halogens is 1. The normalized spacial score (nSPS) is 19.4. The lowest BCUT2D eigenvalue weighted by Crippen LogP contribution is -2.19. The molecule has 1 aliphatic rings. The molecule has 0 aliphatic heterocycles.